The van der Waals surface area contributed by atoms with Crippen LogP contribution in [0.3, 0.4) is 0 Å². The fourth-order valence-electron chi connectivity index (χ4n) is 3.26. The number of hydrogen-bond donors (Lipinski definition) is 1. The Morgan fingerprint density at radius 1 is 0.923 bits per heavy atom. The molecule has 1 aliphatic heterocycles. The van der Waals surface area contributed by atoms with E-state index in [0.29, 0.717) is 11.4 Å². The molecular formula is C20H20F2N4. The third-order valence-corrected chi connectivity index (χ3v) is 4.84. The Kier molecular flexibility index (Phi) is 4.42. The van der Waals surface area contributed by atoms with E-state index < -0.39 is 11.6 Å². The van der Waals surface area contributed by atoms with Gasteiger partial charge < -0.3 is 9.80 Å². The van der Waals surface area contributed by atoms with Crippen molar-refractivity contribution in [2.75, 3.05) is 38.1 Å². The molecule has 1 fully saturated rings. The number of hydrogen-bond acceptors (Lipinski definition) is 3. The molecule has 0 bridgehead atoms. The van der Waals surface area contributed by atoms with Crippen LogP contribution in [0, 0.1) is 11.6 Å². The summed E-state index contributed by atoms with van der Waals surface area (Å²) < 4.78 is 27.9. The van der Waals surface area contributed by atoms with Gasteiger partial charge in [0.1, 0.15) is 11.6 Å². The van der Waals surface area contributed by atoms with Crippen molar-refractivity contribution in [1.29, 1.82) is 0 Å². The highest BCUT2D eigenvalue weighted by Gasteiger charge is 2.16. The topological polar surface area (TPSA) is 35.2 Å². The monoisotopic (exact) mass is 354 g/mol. The fourth-order valence-corrected chi connectivity index (χ4v) is 3.26. The van der Waals surface area contributed by atoms with Crippen LogP contribution >= 0.6 is 0 Å². The lowest BCUT2D eigenvalue weighted by Crippen LogP contribution is -2.44. The van der Waals surface area contributed by atoms with Crippen LogP contribution in [0.1, 0.15) is 0 Å². The summed E-state index contributed by atoms with van der Waals surface area (Å²) in [7, 11) is 2.13. The lowest BCUT2D eigenvalue weighted by molar-refractivity contribution is 0.313. The van der Waals surface area contributed by atoms with Crippen molar-refractivity contribution in [1.82, 2.24) is 15.1 Å². The molecule has 0 saturated carbocycles. The van der Waals surface area contributed by atoms with E-state index in [0.717, 1.165) is 31.7 Å². The first-order valence-corrected chi connectivity index (χ1v) is 8.65. The standard InChI is InChI=1S/C20H20F2N4/c1-25-9-11-26(12-10-25)15-7-5-14(6-8-15)18-13-19(24-23-18)20-16(21)3-2-4-17(20)22/h2-8,13H,9-12H2,1H3,(H,23,24). The van der Waals surface area contributed by atoms with Crippen molar-refractivity contribution in [2.24, 2.45) is 0 Å². The molecule has 2 aromatic carbocycles. The maximum absolute atomic E-state index is 13.9. The Balaban J connectivity index is 1.56. The van der Waals surface area contributed by atoms with Gasteiger partial charge in [-0.25, -0.2) is 8.78 Å². The number of halogens is 2. The lowest BCUT2D eigenvalue weighted by atomic mass is 10.1. The van der Waals surface area contributed by atoms with E-state index in [1.807, 2.05) is 12.1 Å². The van der Waals surface area contributed by atoms with E-state index in [-0.39, 0.29) is 5.56 Å². The summed E-state index contributed by atoms with van der Waals surface area (Å²) in [5.41, 5.74) is 2.99. The third-order valence-electron chi connectivity index (χ3n) is 4.84. The number of anilines is 1. The molecule has 2 heterocycles. The minimum Gasteiger partial charge on any atom is -0.369 e. The number of H-pyrrole nitrogens is 1. The zero-order valence-corrected chi connectivity index (χ0v) is 14.5. The number of aromatic amines is 1. The van der Waals surface area contributed by atoms with Gasteiger partial charge in [0.05, 0.1) is 17.0 Å². The van der Waals surface area contributed by atoms with E-state index >= 15 is 0 Å². The Bertz CT molecular complexity index is 876. The minimum atomic E-state index is -0.606. The average Bonchev–Trinajstić information content (AvgIpc) is 3.12. The molecule has 4 nitrogen and oxygen atoms in total. The molecule has 6 heteroatoms. The summed E-state index contributed by atoms with van der Waals surface area (Å²) in [6.45, 7) is 4.13. The number of nitrogens with one attached hydrogen (secondary N) is 1. The van der Waals surface area contributed by atoms with Crippen molar-refractivity contribution < 1.29 is 8.78 Å². The predicted octanol–water partition coefficient (Wildman–Crippen LogP) is 3.77. The van der Waals surface area contributed by atoms with Gasteiger partial charge in [0.2, 0.25) is 0 Å². The molecule has 3 aromatic rings. The van der Waals surface area contributed by atoms with Gasteiger partial charge in [-0.1, -0.05) is 18.2 Å². The van der Waals surface area contributed by atoms with Gasteiger partial charge >= 0.3 is 0 Å². The zero-order valence-electron chi connectivity index (χ0n) is 14.5. The number of rotatable bonds is 3. The van der Waals surface area contributed by atoms with Crippen LogP contribution in [-0.4, -0.2) is 48.3 Å². The van der Waals surface area contributed by atoms with Gasteiger partial charge in [0.15, 0.2) is 0 Å². The van der Waals surface area contributed by atoms with Crippen LogP contribution in [-0.2, 0) is 0 Å². The van der Waals surface area contributed by atoms with Crippen molar-refractivity contribution in [3.8, 4) is 22.5 Å². The molecule has 134 valence electrons. The fraction of sp³-hybridized carbons (Fsp3) is 0.250. The highest BCUT2D eigenvalue weighted by atomic mass is 19.1. The van der Waals surface area contributed by atoms with Crippen LogP contribution in [0.15, 0.2) is 48.5 Å². The minimum absolute atomic E-state index is 0.0830. The maximum Gasteiger partial charge on any atom is 0.135 e. The Morgan fingerprint density at radius 3 is 2.23 bits per heavy atom. The number of aromatic nitrogens is 2. The smallest absolute Gasteiger partial charge is 0.135 e. The van der Waals surface area contributed by atoms with Crippen molar-refractivity contribution in [2.45, 2.75) is 0 Å². The second-order valence-corrected chi connectivity index (χ2v) is 6.60. The van der Waals surface area contributed by atoms with E-state index in [1.165, 1.54) is 23.9 Å². The molecule has 26 heavy (non-hydrogen) atoms. The van der Waals surface area contributed by atoms with Crippen LogP contribution < -0.4 is 4.90 Å². The first kappa shape index (κ1) is 16.7. The number of likely N-dealkylation sites (N-methyl/N-ethyl adjacent to an activating group) is 1. The van der Waals surface area contributed by atoms with E-state index in [1.54, 1.807) is 6.07 Å². The van der Waals surface area contributed by atoms with Gasteiger partial charge in [0.25, 0.3) is 0 Å². The molecule has 4 rings (SSSR count). The Morgan fingerprint density at radius 2 is 1.58 bits per heavy atom. The molecule has 0 amide bonds. The molecule has 0 spiro atoms. The van der Waals surface area contributed by atoms with Gasteiger partial charge in [0, 0.05) is 37.4 Å². The molecule has 1 N–H and O–H groups in total. The van der Waals surface area contributed by atoms with Gasteiger partial charge in [-0.05, 0) is 37.4 Å². The highest BCUT2D eigenvalue weighted by molar-refractivity contribution is 5.70. The molecule has 0 aliphatic carbocycles. The van der Waals surface area contributed by atoms with Crippen LogP contribution in [0.5, 0.6) is 0 Å². The largest absolute Gasteiger partial charge is 0.369 e. The van der Waals surface area contributed by atoms with Crippen LogP contribution in [0.2, 0.25) is 0 Å². The van der Waals surface area contributed by atoms with Crippen molar-refractivity contribution in [3.63, 3.8) is 0 Å². The SMILES string of the molecule is CN1CCN(c2ccc(-c3cc(-c4c(F)cccc4F)[nH]n3)cc2)CC1. The highest BCUT2D eigenvalue weighted by Crippen LogP contribution is 2.29. The lowest BCUT2D eigenvalue weighted by Gasteiger charge is -2.34. The Labute approximate surface area is 151 Å². The molecular weight excluding hydrogens is 334 g/mol. The molecule has 0 unspecified atom stereocenters. The summed E-state index contributed by atoms with van der Waals surface area (Å²) in [4.78, 5) is 4.67. The van der Waals surface area contributed by atoms with Gasteiger partial charge in [-0.15, -0.1) is 0 Å². The summed E-state index contributed by atoms with van der Waals surface area (Å²) >= 11 is 0. The Hall–Kier alpha value is -2.73. The van der Waals surface area contributed by atoms with Crippen molar-refractivity contribution >= 4 is 5.69 Å². The van der Waals surface area contributed by atoms with Crippen LogP contribution in [0.25, 0.3) is 22.5 Å². The van der Waals surface area contributed by atoms with Crippen molar-refractivity contribution in [3.05, 3.63) is 60.2 Å². The average molecular weight is 354 g/mol. The summed E-state index contributed by atoms with van der Waals surface area (Å²) in [6.07, 6.45) is 0. The first-order valence-electron chi connectivity index (χ1n) is 8.65. The third kappa shape index (κ3) is 3.20. The van der Waals surface area contributed by atoms with Crippen LogP contribution in [0.4, 0.5) is 14.5 Å². The van der Waals surface area contributed by atoms with Gasteiger partial charge in [-0.2, -0.15) is 5.10 Å². The summed E-state index contributed by atoms with van der Waals surface area (Å²) in [5.74, 6) is -1.21. The number of benzene rings is 2. The van der Waals surface area contributed by atoms with E-state index in [9.17, 15) is 8.78 Å². The first-order chi connectivity index (χ1) is 12.6. The molecule has 1 aliphatic rings. The van der Waals surface area contributed by atoms with Gasteiger partial charge in [-0.3, -0.25) is 5.10 Å². The quantitative estimate of drug-likeness (QED) is 0.778. The normalized spacial score (nSPS) is 15.4. The van der Waals surface area contributed by atoms with E-state index in [4.69, 9.17) is 0 Å². The summed E-state index contributed by atoms with van der Waals surface area (Å²) in [5, 5.41) is 6.96. The predicted molar refractivity (Wildman–Crippen MR) is 99.1 cm³/mol. The molecule has 0 radical (unpaired) electrons. The second kappa shape index (κ2) is 6.88. The maximum atomic E-state index is 13.9. The zero-order chi connectivity index (χ0) is 18.1. The second-order valence-electron chi connectivity index (χ2n) is 6.60. The van der Waals surface area contributed by atoms with E-state index in [2.05, 4.69) is 39.2 Å². The number of piperazine rings is 1. The molecule has 1 aromatic heterocycles. The summed E-state index contributed by atoms with van der Waals surface area (Å²) in [6, 6.07) is 13.6. The molecule has 0 atom stereocenters. The number of nitrogens with zero attached hydrogens (tertiary/aromatic N) is 3. The molecule has 1 saturated heterocycles.